The fourth-order valence-electron chi connectivity index (χ4n) is 0.505. The predicted octanol–water partition coefficient (Wildman–Crippen LogP) is 0.515. The Kier molecular flexibility index (Phi) is 4.83. The van der Waals surface area contributed by atoms with Gasteiger partial charge < -0.3 is 4.74 Å². The molecule has 70 valence electrons. The van der Waals surface area contributed by atoms with Crippen LogP contribution >= 0.6 is 0 Å². The lowest BCUT2D eigenvalue weighted by Gasteiger charge is -1.96. The number of hydrogen-bond donors (Lipinski definition) is 1. The van der Waals surface area contributed by atoms with Crippen molar-refractivity contribution in [1.82, 2.24) is 0 Å². The van der Waals surface area contributed by atoms with Gasteiger partial charge in [-0.25, -0.2) is 4.79 Å². The molecule has 0 aromatic heterocycles. The van der Waals surface area contributed by atoms with Crippen molar-refractivity contribution in [1.29, 1.82) is 5.41 Å². The zero-order valence-electron chi connectivity index (χ0n) is 6.94. The molecular weight excluding hydrogens is 176 g/mol. The molecule has 6 heteroatoms. The average Bonchev–Trinajstić information content (AvgIpc) is 2.05. The first-order chi connectivity index (χ1) is 6.11. The van der Waals surface area contributed by atoms with Gasteiger partial charge in [-0.1, -0.05) is 0 Å². The first-order valence-electron chi connectivity index (χ1n) is 3.40. The van der Waals surface area contributed by atoms with E-state index in [0.717, 1.165) is 6.08 Å². The van der Waals surface area contributed by atoms with Crippen LogP contribution in [0.3, 0.4) is 0 Å². The van der Waals surface area contributed by atoms with Crippen molar-refractivity contribution >= 4 is 11.8 Å². The average molecular weight is 184 g/mol. The van der Waals surface area contributed by atoms with Crippen LogP contribution in [-0.4, -0.2) is 23.4 Å². The third-order valence-electron chi connectivity index (χ3n) is 0.993. The molecule has 0 aromatic rings. The van der Waals surface area contributed by atoms with Gasteiger partial charge in [0, 0.05) is 6.08 Å². The molecule has 0 bridgehead atoms. The van der Waals surface area contributed by atoms with Crippen LogP contribution in [0.15, 0.2) is 17.8 Å². The molecule has 0 amide bonds. The van der Waals surface area contributed by atoms with Gasteiger partial charge in [0.05, 0.1) is 11.5 Å². The van der Waals surface area contributed by atoms with E-state index in [0.29, 0.717) is 6.20 Å². The number of nitrogens with one attached hydrogen (secondary N) is 1. The van der Waals surface area contributed by atoms with Gasteiger partial charge >= 0.3 is 5.97 Å². The molecule has 0 radical (unpaired) electrons. The summed E-state index contributed by atoms with van der Waals surface area (Å²) < 4.78 is 4.49. The zero-order valence-corrected chi connectivity index (χ0v) is 6.94. The van der Waals surface area contributed by atoms with Crippen molar-refractivity contribution < 1.29 is 14.5 Å². The summed E-state index contributed by atoms with van der Waals surface area (Å²) in [5, 5.41) is 16.5. The van der Waals surface area contributed by atoms with Crippen LogP contribution in [0.5, 0.6) is 0 Å². The van der Waals surface area contributed by atoms with Crippen LogP contribution in [0.1, 0.15) is 6.92 Å². The topological polar surface area (TPSA) is 93.3 Å². The SMILES string of the molecule is CCOC(=O)C(=C=N)C=C[N+](=O)[O-]. The van der Waals surface area contributed by atoms with Crippen molar-refractivity contribution in [3.63, 3.8) is 0 Å². The minimum atomic E-state index is -0.796. The predicted molar refractivity (Wildman–Crippen MR) is 44.0 cm³/mol. The second-order valence-corrected chi connectivity index (χ2v) is 1.86. The highest BCUT2D eigenvalue weighted by Gasteiger charge is 2.07. The normalized spacial score (nSPS) is 9.31. The van der Waals surface area contributed by atoms with Crippen LogP contribution in [0, 0.1) is 15.5 Å². The summed E-state index contributed by atoms with van der Waals surface area (Å²) in [6.07, 6.45) is 1.42. The van der Waals surface area contributed by atoms with E-state index in [2.05, 4.69) is 4.74 Å². The molecule has 0 aliphatic heterocycles. The molecule has 0 spiro atoms. The third kappa shape index (κ3) is 4.49. The molecule has 0 aliphatic carbocycles. The quantitative estimate of drug-likeness (QED) is 0.172. The van der Waals surface area contributed by atoms with Gasteiger partial charge in [-0.15, -0.1) is 0 Å². The fraction of sp³-hybridized carbons (Fsp3) is 0.286. The van der Waals surface area contributed by atoms with E-state index in [1.807, 2.05) is 0 Å². The van der Waals surface area contributed by atoms with Gasteiger partial charge in [-0.3, -0.25) is 15.5 Å². The Hall–Kier alpha value is -1.94. The molecule has 0 heterocycles. The molecule has 0 aromatic carbocycles. The molecule has 1 N–H and O–H groups in total. The minimum absolute atomic E-state index is 0.149. The number of carbonyl (C=O) groups is 1. The van der Waals surface area contributed by atoms with Crippen molar-refractivity contribution in [2.75, 3.05) is 6.61 Å². The van der Waals surface area contributed by atoms with E-state index in [-0.39, 0.29) is 12.2 Å². The second-order valence-electron chi connectivity index (χ2n) is 1.86. The number of carbonyl (C=O) groups excluding carboxylic acids is 1. The zero-order chi connectivity index (χ0) is 10.3. The molecule has 0 fully saturated rings. The Balaban J connectivity index is 4.46. The molecule has 0 saturated carbocycles. The highest BCUT2D eigenvalue weighted by Crippen LogP contribution is 1.95. The summed E-state index contributed by atoms with van der Waals surface area (Å²) in [4.78, 5) is 20.0. The van der Waals surface area contributed by atoms with E-state index >= 15 is 0 Å². The van der Waals surface area contributed by atoms with Crippen LogP contribution in [0.25, 0.3) is 0 Å². The Bertz CT molecular complexity index is 289. The largest absolute Gasteiger partial charge is 0.462 e. The second kappa shape index (κ2) is 5.68. The first kappa shape index (κ1) is 11.1. The molecule has 0 saturated heterocycles. The summed E-state index contributed by atoms with van der Waals surface area (Å²) in [5.41, 5.74) is -0.279. The third-order valence-corrected chi connectivity index (χ3v) is 0.993. The highest BCUT2D eigenvalue weighted by molar-refractivity contribution is 6.00. The van der Waals surface area contributed by atoms with Crippen LogP contribution in [0.4, 0.5) is 0 Å². The molecule has 0 atom stereocenters. The number of nitro groups is 1. The number of hydrogen-bond acceptors (Lipinski definition) is 5. The maximum absolute atomic E-state index is 10.9. The summed E-state index contributed by atoms with van der Waals surface area (Å²) in [6.45, 7) is 1.74. The molecular formula is C7H8N2O4. The monoisotopic (exact) mass is 184 g/mol. The van der Waals surface area contributed by atoms with Gasteiger partial charge in [-0.2, -0.15) is 0 Å². The maximum Gasteiger partial charge on any atom is 0.347 e. The molecule has 6 nitrogen and oxygen atoms in total. The van der Waals surface area contributed by atoms with E-state index in [1.165, 1.54) is 0 Å². The van der Waals surface area contributed by atoms with Crippen molar-refractivity contribution in [2.24, 2.45) is 0 Å². The van der Waals surface area contributed by atoms with E-state index in [4.69, 9.17) is 5.41 Å². The van der Waals surface area contributed by atoms with Gasteiger partial charge in [0.2, 0.25) is 6.20 Å². The van der Waals surface area contributed by atoms with Crippen LogP contribution < -0.4 is 0 Å². The molecule has 0 aliphatic rings. The molecule has 0 unspecified atom stereocenters. The fourth-order valence-corrected chi connectivity index (χ4v) is 0.505. The lowest BCUT2D eigenvalue weighted by molar-refractivity contribution is -0.402. The van der Waals surface area contributed by atoms with Crippen molar-refractivity contribution in [3.05, 3.63) is 28.0 Å². The Morgan fingerprint density at radius 2 is 2.38 bits per heavy atom. The highest BCUT2D eigenvalue weighted by atomic mass is 16.6. The van der Waals surface area contributed by atoms with Gasteiger partial charge in [0.1, 0.15) is 5.57 Å². The van der Waals surface area contributed by atoms with Crippen molar-refractivity contribution in [3.8, 4) is 0 Å². The summed E-state index contributed by atoms with van der Waals surface area (Å²) in [5.74, 6) is 0.947. The number of ether oxygens (including phenoxy) is 1. The van der Waals surface area contributed by atoms with Gasteiger partial charge in [0.15, 0.2) is 0 Å². The Morgan fingerprint density at radius 3 is 2.77 bits per heavy atom. The maximum atomic E-state index is 10.9. The van der Waals surface area contributed by atoms with E-state index in [9.17, 15) is 14.9 Å². The Labute approximate surface area is 74.2 Å². The van der Waals surface area contributed by atoms with Crippen molar-refractivity contribution in [2.45, 2.75) is 6.92 Å². The smallest absolute Gasteiger partial charge is 0.347 e. The van der Waals surface area contributed by atoms with E-state index in [1.54, 1.807) is 12.8 Å². The molecule has 13 heavy (non-hydrogen) atoms. The summed E-state index contributed by atoms with van der Waals surface area (Å²) >= 11 is 0. The minimum Gasteiger partial charge on any atom is -0.462 e. The first-order valence-corrected chi connectivity index (χ1v) is 3.40. The lowest BCUT2D eigenvalue weighted by Crippen LogP contribution is -2.06. The number of rotatable bonds is 4. The van der Waals surface area contributed by atoms with Gasteiger partial charge in [0.25, 0.3) is 0 Å². The number of esters is 1. The summed E-state index contributed by atoms with van der Waals surface area (Å²) in [7, 11) is 0. The van der Waals surface area contributed by atoms with Crippen LogP contribution in [0.2, 0.25) is 0 Å². The van der Waals surface area contributed by atoms with E-state index < -0.39 is 10.9 Å². The standard InChI is InChI=1S/C7H8N2O4/c1-2-13-7(10)6(5-8)3-4-9(11)12/h3-4,8H,2H2,1H3. The lowest BCUT2D eigenvalue weighted by atomic mass is 10.3. The van der Waals surface area contributed by atoms with Crippen LogP contribution in [-0.2, 0) is 9.53 Å². The molecule has 0 rings (SSSR count). The van der Waals surface area contributed by atoms with Gasteiger partial charge in [-0.05, 0) is 12.8 Å². The Morgan fingerprint density at radius 1 is 1.77 bits per heavy atom. The number of nitrogens with zero attached hydrogens (tertiary/aromatic N) is 1. The summed E-state index contributed by atoms with van der Waals surface area (Å²) in [6, 6.07) is 0.